The summed E-state index contributed by atoms with van der Waals surface area (Å²) in [5.74, 6) is 0. The molecule has 0 aromatic heterocycles. The van der Waals surface area contributed by atoms with E-state index in [1.807, 2.05) is 0 Å². The summed E-state index contributed by atoms with van der Waals surface area (Å²) < 4.78 is 5.76. The highest BCUT2D eigenvalue weighted by Gasteiger charge is 2.38. The third-order valence-corrected chi connectivity index (χ3v) is 4.05. The average molecular weight is 260 g/mol. The van der Waals surface area contributed by atoms with Crippen LogP contribution < -0.4 is 0 Å². The van der Waals surface area contributed by atoms with Crippen molar-refractivity contribution in [2.24, 2.45) is 0 Å². The molecule has 1 saturated heterocycles. The van der Waals surface area contributed by atoms with E-state index in [-0.39, 0.29) is 0 Å². The number of benzene rings is 1. The molecular weight excluding hydrogens is 232 g/mol. The molecule has 0 bridgehead atoms. The molecule has 1 nitrogen and oxygen atoms in total. The van der Waals surface area contributed by atoms with Gasteiger partial charge in [0, 0.05) is 0 Å². The molecule has 1 fully saturated rings. The van der Waals surface area contributed by atoms with Gasteiger partial charge in [0.05, 0.1) is 6.10 Å². The van der Waals surface area contributed by atoms with Crippen LogP contribution in [0.3, 0.4) is 0 Å². The van der Waals surface area contributed by atoms with Gasteiger partial charge in [-0.3, -0.25) is 0 Å². The molecule has 2 rings (SSSR count). The van der Waals surface area contributed by atoms with Crippen LogP contribution in [0.4, 0.5) is 0 Å². The molecule has 1 aromatic carbocycles. The van der Waals surface area contributed by atoms with Crippen LogP contribution in [-0.4, -0.2) is 6.10 Å². The quantitative estimate of drug-likeness (QED) is 0.391. The van der Waals surface area contributed by atoms with Crippen molar-refractivity contribution in [3.63, 3.8) is 0 Å². The summed E-state index contributed by atoms with van der Waals surface area (Å²) in [6.45, 7) is 2.28. The zero-order chi connectivity index (χ0) is 13.3. The summed E-state index contributed by atoms with van der Waals surface area (Å²) in [4.78, 5) is 0. The topological polar surface area (TPSA) is 12.5 Å². The summed E-state index contributed by atoms with van der Waals surface area (Å²) in [5.41, 5.74) is 1.35. The van der Waals surface area contributed by atoms with Crippen LogP contribution in [0.25, 0.3) is 0 Å². The maximum absolute atomic E-state index is 5.76. The van der Waals surface area contributed by atoms with Gasteiger partial charge in [-0.25, -0.2) is 0 Å². The predicted octanol–water partition coefficient (Wildman–Crippen LogP) is 5.66. The van der Waals surface area contributed by atoms with E-state index in [9.17, 15) is 0 Å². The smallest absolute Gasteiger partial charge is 0.109 e. The molecule has 0 unspecified atom stereocenters. The van der Waals surface area contributed by atoms with E-state index in [4.69, 9.17) is 4.74 Å². The Morgan fingerprint density at radius 2 is 1.47 bits per heavy atom. The molecule has 1 aliphatic rings. The van der Waals surface area contributed by atoms with Crippen molar-refractivity contribution < 1.29 is 4.74 Å². The molecule has 2 atom stereocenters. The van der Waals surface area contributed by atoms with Crippen LogP contribution in [0.1, 0.15) is 76.4 Å². The van der Waals surface area contributed by atoms with Gasteiger partial charge < -0.3 is 4.74 Å². The Morgan fingerprint density at radius 1 is 0.842 bits per heavy atom. The SMILES string of the molecule is CCCCCCCCCC[C@H]1O[C@@H]1c1ccccc1. The highest BCUT2D eigenvalue weighted by Crippen LogP contribution is 2.41. The highest BCUT2D eigenvalue weighted by atomic mass is 16.6. The fourth-order valence-corrected chi connectivity index (χ4v) is 2.78. The van der Waals surface area contributed by atoms with Crippen molar-refractivity contribution in [3.05, 3.63) is 35.9 Å². The maximum atomic E-state index is 5.76. The molecule has 1 heterocycles. The first kappa shape index (κ1) is 14.6. The van der Waals surface area contributed by atoms with E-state index in [0.29, 0.717) is 12.2 Å². The predicted molar refractivity (Wildman–Crippen MR) is 81.3 cm³/mol. The van der Waals surface area contributed by atoms with Crippen molar-refractivity contribution >= 4 is 0 Å². The second-order valence-corrected chi connectivity index (χ2v) is 5.77. The molecule has 0 aliphatic carbocycles. The number of ether oxygens (including phenoxy) is 1. The minimum atomic E-state index is 0.394. The van der Waals surface area contributed by atoms with Gasteiger partial charge >= 0.3 is 0 Å². The molecule has 0 spiro atoms. The molecule has 106 valence electrons. The molecule has 1 aromatic rings. The molecule has 1 heteroatoms. The lowest BCUT2D eigenvalue weighted by Crippen LogP contribution is -1.89. The first-order chi connectivity index (χ1) is 9.42. The first-order valence-electron chi connectivity index (χ1n) is 8.12. The molecule has 0 amide bonds. The summed E-state index contributed by atoms with van der Waals surface area (Å²) in [6.07, 6.45) is 13.3. The van der Waals surface area contributed by atoms with Gasteiger partial charge in [-0.15, -0.1) is 0 Å². The van der Waals surface area contributed by atoms with Gasteiger partial charge in [-0.2, -0.15) is 0 Å². The Balaban J connectivity index is 1.45. The van der Waals surface area contributed by atoms with Crippen LogP contribution in [0.2, 0.25) is 0 Å². The third-order valence-electron chi connectivity index (χ3n) is 4.05. The maximum Gasteiger partial charge on any atom is 0.109 e. The van der Waals surface area contributed by atoms with Crippen LogP contribution in [0, 0.1) is 0 Å². The van der Waals surface area contributed by atoms with Crippen LogP contribution >= 0.6 is 0 Å². The van der Waals surface area contributed by atoms with Crippen LogP contribution in [0.5, 0.6) is 0 Å². The fourth-order valence-electron chi connectivity index (χ4n) is 2.78. The molecule has 19 heavy (non-hydrogen) atoms. The summed E-state index contributed by atoms with van der Waals surface area (Å²) in [5, 5.41) is 0. The summed E-state index contributed by atoms with van der Waals surface area (Å²) >= 11 is 0. The van der Waals surface area contributed by atoms with E-state index in [1.165, 1.54) is 63.4 Å². The summed E-state index contributed by atoms with van der Waals surface area (Å²) in [7, 11) is 0. The van der Waals surface area contributed by atoms with Crippen molar-refractivity contribution in [1.82, 2.24) is 0 Å². The largest absolute Gasteiger partial charge is 0.365 e. The van der Waals surface area contributed by atoms with E-state index in [2.05, 4.69) is 37.3 Å². The van der Waals surface area contributed by atoms with Gasteiger partial charge in [-0.05, 0) is 12.0 Å². The standard InChI is InChI=1S/C18H28O/c1-2-3-4-5-6-7-8-12-15-17-18(19-17)16-13-10-9-11-14-16/h9-11,13-14,17-18H,2-8,12,15H2,1H3/t17-,18-/m1/s1. The monoisotopic (exact) mass is 260 g/mol. The van der Waals surface area contributed by atoms with E-state index in [0.717, 1.165) is 0 Å². The number of unbranched alkanes of at least 4 members (excludes halogenated alkanes) is 7. The Bertz CT molecular complexity index is 333. The van der Waals surface area contributed by atoms with Gasteiger partial charge in [-0.1, -0.05) is 88.6 Å². The number of epoxide rings is 1. The normalized spacial score (nSPS) is 21.5. The van der Waals surface area contributed by atoms with Gasteiger partial charge in [0.15, 0.2) is 0 Å². The molecule has 1 aliphatic heterocycles. The Hall–Kier alpha value is -0.820. The number of rotatable bonds is 10. The zero-order valence-electron chi connectivity index (χ0n) is 12.3. The van der Waals surface area contributed by atoms with E-state index < -0.39 is 0 Å². The van der Waals surface area contributed by atoms with Crippen molar-refractivity contribution in [1.29, 1.82) is 0 Å². The highest BCUT2D eigenvalue weighted by molar-refractivity contribution is 5.22. The van der Waals surface area contributed by atoms with Crippen molar-refractivity contribution in [3.8, 4) is 0 Å². The minimum absolute atomic E-state index is 0.394. The second-order valence-electron chi connectivity index (χ2n) is 5.77. The Labute approximate surface area is 118 Å². The lowest BCUT2D eigenvalue weighted by Gasteiger charge is -2.00. The molecule has 0 radical (unpaired) electrons. The van der Waals surface area contributed by atoms with Crippen molar-refractivity contribution in [2.75, 3.05) is 0 Å². The zero-order valence-corrected chi connectivity index (χ0v) is 12.3. The van der Waals surface area contributed by atoms with Gasteiger partial charge in [0.2, 0.25) is 0 Å². The Kier molecular flexibility index (Phi) is 6.43. The minimum Gasteiger partial charge on any atom is -0.365 e. The van der Waals surface area contributed by atoms with Gasteiger partial charge in [0.1, 0.15) is 6.10 Å². The average Bonchev–Trinajstić information content (AvgIpc) is 3.22. The Morgan fingerprint density at radius 3 is 2.16 bits per heavy atom. The molecule has 0 N–H and O–H groups in total. The van der Waals surface area contributed by atoms with E-state index in [1.54, 1.807) is 0 Å². The lowest BCUT2D eigenvalue weighted by atomic mass is 10.0. The fraction of sp³-hybridized carbons (Fsp3) is 0.667. The lowest BCUT2D eigenvalue weighted by molar-refractivity contribution is 0.360. The third kappa shape index (κ3) is 5.36. The first-order valence-corrected chi connectivity index (χ1v) is 8.12. The summed E-state index contributed by atoms with van der Waals surface area (Å²) in [6, 6.07) is 10.6. The van der Waals surface area contributed by atoms with Crippen LogP contribution in [0.15, 0.2) is 30.3 Å². The second kappa shape index (κ2) is 8.37. The van der Waals surface area contributed by atoms with Crippen LogP contribution in [-0.2, 0) is 4.74 Å². The van der Waals surface area contributed by atoms with Gasteiger partial charge in [0.25, 0.3) is 0 Å². The van der Waals surface area contributed by atoms with E-state index >= 15 is 0 Å². The number of hydrogen-bond donors (Lipinski definition) is 0. The van der Waals surface area contributed by atoms with Crippen molar-refractivity contribution in [2.45, 2.75) is 76.9 Å². The molecular formula is C18H28O. The number of hydrogen-bond acceptors (Lipinski definition) is 1. The molecule has 0 saturated carbocycles.